The summed E-state index contributed by atoms with van der Waals surface area (Å²) in [6.45, 7) is 14.4. The lowest BCUT2D eigenvalue weighted by Gasteiger charge is -2.34. The second kappa shape index (κ2) is 13.0. The molecule has 0 bridgehead atoms. The van der Waals surface area contributed by atoms with Crippen LogP contribution in [-0.4, -0.2) is 26.4 Å². The van der Waals surface area contributed by atoms with Crippen molar-refractivity contribution in [3.8, 4) is 22.6 Å². The molecule has 47 heavy (non-hydrogen) atoms. The molecule has 0 fully saturated rings. The average Bonchev–Trinajstić information content (AvgIpc) is 3.36. The lowest BCUT2D eigenvalue weighted by atomic mass is 9.67. The van der Waals surface area contributed by atoms with E-state index in [1.165, 1.54) is 38.7 Å². The van der Waals surface area contributed by atoms with Crippen molar-refractivity contribution in [1.29, 1.82) is 0 Å². The number of phenols is 2. The van der Waals surface area contributed by atoms with Gasteiger partial charge in [0.2, 0.25) is 0 Å². The monoisotopic (exact) mass is 654 g/mol. The van der Waals surface area contributed by atoms with Crippen LogP contribution in [0, 0.1) is 0 Å². The van der Waals surface area contributed by atoms with Crippen molar-refractivity contribution in [3.05, 3.63) is 143 Å². The lowest BCUT2D eigenvalue weighted by molar-refractivity contribution is 0.466. The number of aromatic hydroxyl groups is 2. The second-order valence-electron chi connectivity index (χ2n) is 15.2. The van der Waals surface area contributed by atoms with Crippen LogP contribution in [0.3, 0.4) is 0 Å². The van der Waals surface area contributed by atoms with Gasteiger partial charge in [-0.1, -0.05) is 166 Å². The smallest absolute Gasteiger partial charge is 0.118 e. The van der Waals surface area contributed by atoms with Crippen molar-refractivity contribution in [3.63, 3.8) is 0 Å². The zero-order valence-corrected chi connectivity index (χ0v) is 31.0. The van der Waals surface area contributed by atoms with E-state index < -0.39 is 21.6 Å². The number of benzene rings is 5. The molecule has 0 aliphatic heterocycles. The van der Waals surface area contributed by atoms with Gasteiger partial charge in [-0.05, 0) is 75.9 Å². The molecule has 0 heterocycles. The molecule has 6 rings (SSSR count). The molecular weight excluding hydrogens is 605 g/mol. The van der Waals surface area contributed by atoms with Gasteiger partial charge >= 0.3 is 0 Å². The van der Waals surface area contributed by atoms with Crippen molar-refractivity contribution in [2.75, 3.05) is 0 Å². The molecule has 0 amide bonds. The summed E-state index contributed by atoms with van der Waals surface area (Å²) in [7, 11) is -2.97. The van der Waals surface area contributed by atoms with E-state index in [1.807, 2.05) is 12.1 Å². The maximum atomic E-state index is 11.2. The van der Waals surface area contributed by atoms with Crippen LogP contribution in [-0.2, 0) is 18.3 Å². The highest BCUT2D eigenvalue weighted by Gasteiger charge is 2.46. The van der Waals surface area contributed by atoms with Crippen molar-refractivity contribution in [2.24, 2.45) is 0 Å². The molecule has 242 valence electrons. The van der Waals surface area contributed by atoms with Gasteiger partial charge in [-0.3, -0.25) is 0 Å². The molecule has 5 aromatic carbocycles. The molecule has 1 aliphatic rings. The minimum Gasteiger partial charge on any atom is -0.508 e. The summed E-state index contributed by atoms with van der Waals surface area (Å²) in [5.74, 6) is 0.738. The predicted molar refractivity (Wildman–Crippen MR) is 205 cm³/mol. The number of hydrogen-bond acceptors (Lipinski definition) is 2. The van der Waals surface area contributed by atoms with Gasteiger partial charge in [0.05, 0.1) is 21.6 Å². The Kier molecular flexibility index (Phi) is 9.12. The number of fused-ring (bicyclic) bond motifs is 3. The number of unbranched alkanes of at least 4 members (excludes halogenated alkanes) is 1. The number of rotatable bonds is 11. The van der Waals surface area contributed by atoms with Crippen LogP contribution in [0.5, 0.6) is 11.5 Å². The summed E-state index contributed by atoms with van der Waals surface area (Å²) in [6, 6.07) is 40.8. The van der Waals surface area contributed by atoms with E-state index in [1.54, 1.807) is 0 Å². The average molecular weight is 655 g/mol. The topological polar surface area (TPSA) is 40.5 Å². The summed E-state index contributed by atoms with van der Waals surface area (Å²) in [6.07, 6.45) is 4.82. The molecular formula is C43H50O2Si2. The molecule has 2 N–H and O–H groups in total. The first-order valence-corrected chi connectivity index (χ1v) is 24.1. The largest absolute Gasteiger partial charge is 0.508 e. The second-order valence-corrected chi connectivity index (χ2v) is 25.1. The van der Waals surface area contributed by atoms with E-state index in [0.29, 0.717) is 11.5 Å². The minimum atomic E-state index is -1.65. The van der Waals surface area contributed by atoms with E-state index in [0.717, 1.165) is 54.4 Å². The highest BCUT2D eigenvalue weighted by atomic mass is 28.3. The fourth-order valence-corrected chi connectivity index (χ4v) is 11.3. The van der Waals surface area contributed by atoms with Crippen molar-refractivity contribution < 1.29 is 10.2 Å². The molecule has 4 heteroatoms. The van der Waals surface area contributed by atoms with Crippen molar-refractivity contribution in [2.45, 2.75) is 83.2 Å². The van der Waals surface area contributed by atoms with E-state index in [4.69, 9.17) is 0 Å². The Morgan fingerprint density at radius 1 is 0.553 bits per heavy atom. The summed E-state index contributed by atoms with van der Waals surface area (Å²) in [5.41, 5.74) is 8.75. The van der Waals surface area contributed by atoms with E-state index in [2.05, 4.69) is 137 Å². The Balaban J connectivity index is 1.40. The minimum absolute atomic E-state index is 0.366. The molecule has 0 atom stereocenters. The maximum absolute atomic E-state index is 11.2. The third kappa shape index (κ3) is 6.14. The fraction of sp³-hybridized carbons (Fsp3) is 0.302. The quantitative estimate of drug-likeness (QED) is 0.137. The Bertz CT molecular complexity index is 1840. The van der Waals surface area contributed by atoms with Crippen LogP contribution in [0.15, 0.2) is 109 Å². The molecule has 0 saturated heterocycles. The van der Waals surface area contributed by atoms with Gasteiger partial charge in [-0.15, -0.1) is 0 Å². The summed E-state index contributed by atoms with van der Waals surface area (Å²) < 4.78 is 0. The van der Waals surface area contributed by atoms with Crippen LogP contribution in [0.1, 0.15) is 59.6 Å². The van der Waals surface area contributed by atoms with Gasteiger partial charge in [-0.2, -0.15) is 0 Å². The van der Waals surface area contributed by atoms with E-state index in [-0.39, 0.29) is 0 Å². The third-order valence-electron chi connectivity index (χ3n) is 10.6. The molecule has 0 unspecified atom stereocenters. The number of phenolic OH excluding ortho intramolecular Hbond substituents is 2. The van der Waals surface area contributed by atoms with Crippen LogP contribution >= 0.6 is 0 Å². The first-order valence-electron chi connectivity index (χ1n) is 17.4. The summed E-state index contributed by atoms with van der Waals surface area (Å²) in [5, 5.41) is 25.2. The van der Waals surface area contributed by atoms with Crippen LogP contribution in [0.25, 0.3) is 11.1 Å². The Hall–Kier alpha value is -3.87. The molecule has 0 saturated carbocycles. The maximum Gasteiger partial charge on any atom is 0.118 e. The van der Waals surface area contributed by atoms with E-state index >= 15 is 0 Å². The molecule has 0 aromatic heterocycles. The van der Waals surface area contributed by atoms with Gasteiger partial charge in [0.1, 0.15) is 11.5 Å². The molecule has 1 aliphatic carbocycles. The molecule has 5 aromatic rings. The Morgan fingerprint density at radius 3 is 1.51 bits per heavy atom. The van der Waals surface area contributed by atoms with Crippen LogP contribution in [0.2, 0.25) is 38.8 Å². The Morgan fingerprint density at radius 2 is 1.02 bits per heavy atom. The standard InChI is InChI=1S/C43H50O2Si2/c1-7-8-14-31-29-33(20-26-41(31)44)43(39-18-11-9-16-37(39)38-17-10-12-19-40(38)43)34-21-27-42(45)32(30-34)15-13-28-47(5,6)36-24-22-35(23-25-36)46(2,3)4/h9-12,16-27,29-30,44-45H,7-8,13-15,28H2,1-6H3. The summed E-state index contributed by atoms with van der Waals surface area (Å²) in [4.78, 5) is 0. The summed E-state index contributed by atoms with van der Waals surface area (Å²) >= 11 is 0. The van der Waals surface area contributed by atoms with Gasteiger partial charge in [0.15, 0.2) is 0 Å². The van der Waals surface area contributed by atoms with Gasteiger partial charge in [-0.25, -0.2) is 0 Å². The predicted octanol–water partition coefficient (Wildman–Crippen LogP) is 9.90. The van der Waals surface area contributed by atoms with Gasteiger partial charge in [0, 0.05) is 0 Å². The molecule has 0 spiro atoms. The number of aryl methyl sites for hydroxylation is 2. The van der Waals surface area contributed by atoms with E-state index in [9.17, 15) is 10.2 Å². The van der Waals surface area contributed by atoms with Gasteiger partial charge < -0.3 is 10.2 Å². The first-order chi connectivity index (χ1) is 22.5. The van der Waals surface area contributed by atoms with Crippen molar-refractivity contribution >= 4 is 26.5 Å². The van der Waals surface area contributed by atoms with Crippen LogP contribution in [0.4, 0.5) is 0 Å². The third-order valence-corrected chi connectivity index (χ3v) is 16.1. The van der Waals surface area contributed by atoms with Crippen LogP contribution < -0.4 is 10.4 Å². The SMILES string of the molecule is CCCCc1cc(C2(c3ccc(O)c(CCC[Si](C)(C)c4ccc([Si](C)(C)C)cc4)c3)c3ccccc3-c3ccccc32)ccc1O. The highest BCUT2D eigenvalue weighted by Crippen LogP contribution is 2.56. The van der Waals surface area contributed by atoms with Crippen molar-refractivity contribution in [1.82, 2.24) is 0 Å². The highest BCUT2D eigenvalue weighted by molar-refractivity contribution is 6.90. The zero-order chi connectivity index (χ0) is 33.4. The molecule has 2 nitrogen and oxygen atoms in total. The Labute approximate surface area is 284 Å². The molecule has 0 radical (unpaired) electrons. The fourth-order valence-electron chi connectivity index (χ4n) is 7.72. The lowest BCUT2D eigenvalue weighted by Crippen LogP contribution is -2.44. The zero-order valence-electron chi connectivity index (χ0n) is 29.0. The normalized spacial score (nSPS) is 13.7. The number of hydrogen-bond donors (Lipinski definition) is 2. The first kappa shape index (κ1) is 33.1. The van der Waals surface area contributed by atoms with Gasteiger partial charge in [0.25, 0.3) is 0 Å².